The molecular weight excluding hydrogens is 472 g/mol. The number of ether oxygens (including phenoxy) is 2. The number of rotatable bonds is 10. The maximum atomic E-state index is 11.4. The number of anilines is 2. The maximum Gasteiger partial charge on any atom is 0.299 e. The predicted molar refractivity (Wildman–Crippen MR) is 120 cm³/mol. The fraction of sp³-hybridized carbons (Fsp3) is 0.368. The van der Waals surface area contributed by atoms with E-state index in [1.165, 1.54) is 19.2 Å². The van der Waals surface area contributed by atoms with Crippen LogP contribution < -0.4 is 10.6 Å². The fourth-order valence-electron chi connectivity index (χ4n) is 3.63. The molecule has 1 fully saturated rings. The van der Waals surface area contributed by atoms with Crippen molar-refractivity contribution in [2.24, 2.45) is 0 Å². The van der Waals surface area contributed by atoms with Crippen LogP contribution in [-0.4, -0.2) is 51.8 Å². The summed E-state index contributed by atoms with van der Waals surface area (Å²) >= 11 is 0. The Kier molecular flexibility index (Phi) is 7.67. The van der Waals surface area contributed by atoms with Gasteiger partial charge in [0.05, 0.1) is 44.0 Å². The van der Waals surface area contributed by atoms with E-state index < -0.39 is 60.9 Å². The van der Waals surface area contributed by atoms with Gasteiger partial charge in [-0.2, -0.15) is 0 Å². The molecule has 0 unspecified atom stereocenters. The lowest BCUT2D eigenvalue weighted by Gasteiger charge is -2.36. The second kappa shape index (κ2) is 10.7. The van der Waals surface area contributed by atoms with E-state index in [-0.39, 0.29) is 17.9 Å². The summed E-state index contributed by atoms with van der Waals surface area (Å²) in [6.45, 7) is 0.128. The highest BCUT2D eigenvalue weighted by Crippen LogP contribution is 2.33. The fourth-order valence-corrected chi connectivity index (χ4v) is 3.63. The molecule has 1 aliphatic heterocycles. The van der Waals surface area contributed by atoms with Gasteiger partial charge in [-0.15, -0.1) is 0 Å². The molecule has 1 aliphatic rings. The van der Waals surface area contributed by atoms with Gasteiger partial charge < -0.3 is 20.1 Å². The molecule has 35 heavy (non-hydrogen) atoms. The lowest BCUT2D eigenvalue weighted by molar-refractivity contribution is -0.393. The third-order valence-electron chi connectivity index (χ3n) is 5.33. The first kappa shape index (κ1) is 25.2. The van der Waals surface area contributed by atoms with Crippen molar-refractivity contribution < 1.29 is 29.2 Å². The van der Waals surface area contributed by atoms with Gasteiger partial charge in [0.1, 0.15) is 11.4 Å². The van der Waals surface area contributed by atoms with E-state index in [0.717, 1.165) is 24.3 Å². The minimum absolute atomic E-state index is 0.0642. The predicted octanol–water partition coefficient (Wildman–Crippen LogP) is 3.36. The molecule has 0 bridgehead atoms. The van der Waals surface area contributed by atoms with Gasteiger partial charge in [-0.3, -0.25) is 40.5 Å². The van der Waals surface area contributed by atoms with Crippen LogP contribution in [0, 0.1) is 40.5 Å². The van der Waals surface area contributed by atoms with Crippen LogP contribution in [0.2, 0.25) is 0 Å². The van der Waals surface area contributed by atoms with Gasteiger partial charge in [-0.05, 0) is 25.0 Å². The Labute approximate surface area is 196 Å². The average molecular weight is 492 g/mol. The third-order valence-corrected chi connectivity index (χ3v) is 5.33. The van der Waals surface area contributed by atoms with Gasteiger partial charge in [0.15, 0.2) is 6.29 Å². The summed E-state index contributed by atoms with van der Waals surface area (Å²) in [5, 5.41) is 50.3. The van der Waals surface area contributed by atoms with Crippen LogP contribution in [0.15, 0.2) is 36.4 Å². The Balaban J connectivity index is 1.68. The molecule has 16 nitrogen and oxygen atoms in total. The van der Waals surface area contributed by atoms with Crippen LogP contribution in [0.1, 0.15) is 12.8 Å². The number of nitro benzene ring substituents is 4. The highest BCUT2D eigenvalue weighted by Gasteiger charge is 2.33. The summed E-state index contributed by atoms with van der Waals surface area (Å²) in [6, 6.07) is 5.97. The SMILES string of the molecule is CO[C@H]1O[C@H](CNc2ccc([N+](=O)[O-])cc2[N+](=O)[O-])CC[C@H]1Nc1ccc([N+](=O)[O-])cc1[N+](=O)[O-]. The molecule has 3 atom stereocenters. The molecule has 2 aromatic carbocycles. The Bertz CT molecular complexity index is 1160. The van der Waals surface area contributed by atoms with Crippen molar-refractivity contribution in [1.29, 1.82) is 0 Å². The van der Waals surface area contributed by atoms with Gasteiger partial charge in [-0.1, -0.05) is 0 Å². The second-order valence-electron chi connectivity index (χ2n) is 7.50. The summed E-state index contributed by atoms with van der Waals surface area (Å²) < 4.78 is 11.2. The zero-order valence-corrected chi connectivity index (χ0v) is 18.2. The zero-order valence-electron chi connectivity index (χ0n) is 18.2. The van der Waals surface area contributed by atoms with Crippen LogP contribution in [0.25, 0.3) is 0 Å². The van der Waals surface area contributed by atoms with Crippen molar-refractivity contribution in [3.8, 4) is 0 Å². The molecule has 0 saturated carbocycles. The molecule has 0 aliphatic carbocycles. The summed E-state index contributed by atoms with van der Waals surface area (Å²) in [4.78, 5) is 41.6. The van der Waals surface area contributed by atoms with E-state index >= 15 is 0 Å². The van der Waals surface area contributed by atoms with Crippen LogP contribution in [0.4, 0.5) is 34.1 Å². The normalized spacial score (nSPS) is 19.5. The van der Waals surface area contributed by atoms with Crippen molar-refractivity contribution in [1.82, 2.24) is 0 Å². The van der Waals surface area contributed by atoms with E-state index in [0.29, 0.717) is 12.8 Å². The summed E-state index contributed by atoms with van der Waals surface area (Å²) in [5.41, 5.74) is -1.61. The molecule has 3 rings (SSSR count). The van der Waals surface area contributed by atoms with E-state index in [1.807, 2.05) is 0 Å². The number of methoxy groups -OCH3 is 1. The van der Waals surface area contributed by atoms with Crippen LogP contribution in [0.5, 0.6) is 0 Å². The lowest BCUT2D eigenvalue weighted by atomic mass is 10.0. The standard InChI is InChI=1S/C19H20N6O10/c1-34-19-16(21-15-6-3-12(23(28)29)9-18(15)25(32)33)7-4-13(35-19)10-20-14-5-2-11(22(26)27)8-17(14)24(30)31/h2-3,5-6,8-9,13,16,19-21H,4,7,10H2,1H3/t13-,16+,19-/m0/s1. The molecular formula is C19H20N6O10. The van der Waals surface area contributed by atoms with Crippen LogP contribution in [0.3, 0.4) is 0 Å². The van der Waals surface area contributed by atoms with Crippen molar-refractivity contribution in [3.63, 3.8) is 0 Å². The zero-order chi connectivity index (χ0) is 25.7. The molecule has 1 heterocycles. The Morgan fingerprint density at radius 3 is 1.91 bits per heavy atom. The molecule has 186 valence electrons. The van der Waals surface area contributed by atoms with Gasteiger partial charge in [0, 0.05) is 25.8 Å². The van der Waals surface area contributed by atoms with Crippen molar-refractivity contribution >= 4 is 34.1 Å². The Hall–Kier alpha value is -4.44. The molecule has 0 radical (unpaired) electrons. The monoisotopic (exact) mass is 492 g/mol. The number of non-ortho nitro benzene ring substituents is 2. The van der Waals surface area contributed by atoms with Gasteiger partial charge in [0.25, 0.3) is 22.7 Å². The van der Waals surface area contributed by atoms with E-state index in [4.69, 9.17) is 9.47 Å². The van der Waals surface area contributed by atoms with Crippen molar-refractivity contribution in [3.05, 3.63) is 76.9 Å². The second-order valence-corrected chi connectivity index (χ2v) is 7.50. The first-order chi connectivity index (χ1) is 16.6. The summed E-state index contributed by atoms with van der Waals surface area (Å²) in [5.74, 6) is 0. The van der Waals surface area contributed by atoms with Crippen molar-refractivity contribution in [2.45, 2.75) is 31.3 Å². The topological polar surface area (TPSA) is 215 Å². The highest BCUT2D eigenvalue weighted by atomic mass is 16.7. The van der Waals surface area contributed by atoms with E-state index in [2.05, 4.69) is 10.6 Å². The van der Waals surface area contributed by atoms with Gasteiger partial charge >= 0.3 is 0 Å². The quantitative estimate of drug-likeness (QED) is 0.360. The minimum Gasteiger partial charge on any atom is -0.377 e. The molecule has 0 spiro atoms. The number of nitro groups is 4. The van der Waals surface area contributed by atoms with Gasteiger partial charge in [-0.25, -0.2) is 0 Å². The molecule has 1 saturated heterocycles. The van der Waals surface area contributed by atoms with Gasteiger partial charge in [0.2, 0.25) is 0 Å². The van der Waals surface area contributed by atoms with E-state index in [9.17, 15) is 40.5 Å². The lowest BCUT2D eigenvalue weighted by Crippen LogP contribution is -2.46. The Morgan fingerprint density at radius 1 is 0.857 bits per heavy atom. The largest absolute Gasteiger partial charge is 0.377 e. The molecule has 16 heteroatoms. The highest BCUT2D eigenvalue weighted by molar-refractivity contribution is 5.66. The maximum absolute atomic E-state index is 11.4. The van der Waals surface area contributed by atoms with E-state index in [1.54, 1.807) is 0 Å². The number of hydrogen-bond acceptors (Lipinski definition) is 12. The smallest absolute Gasteiger partial charge is 0.299 e. The molecule has 0 amide bonds. The average Bonchev–Trinajstić information content (AvgIpc) is 2.82. The molecule has 2 aromatic rings. The first-order valence-electron chi connectivity index (χ1n) is 10.1. The minimum atomic E-state index is -0.850. The number of benzene rings is 2. The molecule has 2 N–H and O–H groups in total. The van der Waals surface area contributed by atoms with Crippen molar-refractivity contribution in [2.75, 3.05) is 24.3 Å². The number of nitrogens with one attached hydrogen (secondary N) is 2. The molecule has 0 aromatic heterocycles. The third kappa shape index (κ3) is 5.92. The van der Waals surface area contributed by atoms with Crippen LogP contribution in [-0.2, 0) is 9.47 Å². The summed E-state index contributed by atoms with van der Waals surface area (Å²) in [6.07, 6.45) is -0.440. The number of hydrogen-bond donors (Lipinski definition) is 2. The number of nitrogens with zero attached hydrogens (tertiary/aromatic N) is 4. The first-order valence-corrected chi connectivity index (χ1v) is 10.1. The summed E-state index contributed by atoms with van der Waals surface area (Å²) in [7, 11) is 1.38. The Morgan fingerprint density at radius 2 is 1.40 bits per heavy atom. The van der Waals surface area contributed by atoms with Crippen LogP contribution >= 0.6 is 0 Å².